The first-order valence-electron chi connectivity index (χ1n) is 6.88. The van der Waals surface area contributed by atoms with Gasteiger partial charge in [0.2, 0.25) is 5.91 Å². The third-order valence-corrected chi connectivity index (χ3v) is 4.42. The van der Waals surface area contributed by atoms with E-state index in [4.69, 9.17) is 0 Å². The van der Waals surface area contributed by atoms with Crippen molar-refractivity contribution in [3.8, 4) is 0 Å². The maximum atomic E-state index is 12.0. The first-order chi connectivity index (χ1) is 11.0. The Labute approximate surface area is 146 Å². The van der Waals surface area contributed by atoms with Crippen molar-refractivity contribution in [3.05, 3.63) is 63.0 Å². The summed E-state index contributed by atoms with van der Waals surface area (Å²) in [7, 11) is 0. The van der Waals surface area contributed by atoms with E-state index in [-0.39, 0.29) is 17.2 Å². The minimum atomic E-state index is -0.187. The van der Waals surface area contributed by atoms with Crippen molar-refractivity contribution >= 4 is 39.3 Å². The Morgan fingerprint density at radius 2 is 2.13 bits per heavy atom. The van der Waals surface area contributed by atoms with Crippen molar-refractivity contribution in [2.24, 2.45) is 0 Å². The summed E-state index contributed by atoms with van der Waals surface area (Å²) in [5.74, 6) is 0.00647. The number of carbonyl (C=O) groups is 1. The number of amides is 1. The molecule has 1 aromatic heterocycles. The lowest BCUT2D eigenvalue weighted by Gasteiger charge is -2.07. The van der Waals surface area contributed by atoms with E-state index in [9.17, 15) is 9.59 Å². The van der Waals surface area contributed by atoms with Gasteiger partial charge in [0.25, 0.3) is 5.56 Å². The number of anilines is 1. The number of hydrogen-bond acceptors (Lipinski definition) is 4. The van der Waals surface area contributed by atoms with Crippen LogP contribution in [0.1, 0.15) is 11.3 Å². The number of aromatic nitrogens is 2. The van der Waals surface area contributed by atoms with Crippen molar-refractivity contribution in [2.75, 3.05) is 11.1 Å². The molecule has 0 saturated carbocycles. The van der Waals surface area contributed by atoms with Crippen LogP contribution in [0, 0.1) is 6.92 Å². The molecule has 120 valence electrons. The van der Waals surface area contributed by atoms with E-state index in [2.05, 4.69) is 37.8 Å². The molecule has 0 spiro atoms. The van der Waals surface area contributed by atoms with Crippen LogP contribution in [0.2, 0.25) is 0 Å². The van der Waals surface area contributed by atoms with E-state index < -0.39 is 0 Å². The number of aryl methyl sites for hydroxylation is 1. The maximum Gasteiger partial charge on any atom is 0.255 e. The molecule has 5 nitrogen and oxygen atoms in total. The lowest BCUT2D eigenvalue weighted by Crippen LogP contribution is -2.18. The van der Waals surface area contributed by atoms with E-state index in [1.54, 1.807) is 25.1 Å². The van der Waals surface area contributed by atoms with Crippen molar-refractivity contribution in [1.29, 1.82) is 0 Å². The van der Waals surface area contributed by atoms with Crippen molar-refractivity contribution in [1.82, 2.24) is 9.97 Å². The highest BCUT2D eigenvalue weighted by molar-refractivity contribution is 9.10. The summed E-state index contributed by atoms with van der Waals surface area (Å²) in [6.45, 7) is 5.40. The van der Waals surface area contributed by atoms with E-state index in [1.807, 2.05) is 12.1 Å². The maximum absolute atomic E-state index is 12.0. The molecular formula is C16H16BrN3O2S. The largest absolute Gasteiger partial charge is 0.325 e. The van der Waals surface area contributed by atoms with Gasteiger partial charge in [-0.2, -0.15) is 0 Å². The van der Waals surface area contributed by atoms with Crippen LogP contribution >= 0.6 is 27.7 Å². The van der Waals surface area contributed by atoms with E-state index in [0.717, 1.165) is 10.2 Å². The van der Waals surface area contributed by atoms with Gasteiger partial charge in [-0.3, -0.25) is 9.59 Å². The highest BCUT2D eigenvalue weighted by Crippen LogP contribution is 2.16. The fourth-order valence-electron chi connectivity index (χ4n) is 1.90. The van der Waals surface area contributed by atoms with Crippen molar-refractivity contribution in [3.63, 3.8) is 0 Å². The molecule has 2 rings (SSSR count). The van der Waals surface area contributed by atoms with E-state index in [0.29, 0.717) is 22.8 Å². The van der Waals surface area contributed by atoms with Crippen molar-refractivity contribution in [2.45, 2.75) is 18.5 Å². The normalized spacial score (nSPS) is 10.3. The van der Waals surface area contributed by atoms with Gasteiger partial charge >= 0.3 is 0 Å². The number of halogens is 1. The van der Waals surface area contributed by atoms with Gasteiger partial charge < -0.3 is 10.3 Å². The number of nitrogens with zero attached hydrogens (tertiary/aromatic N) is 1. The molecule has 1 aromatic carbocycles. The highest BCUT2D eigenvalue weighted by Gasteiger charge is 2.09. The Bertz CT molecular complexity index is 772. The van der Waals surface area contributed by atoms with Crippen LogP contribution in [0.15, 0.2) is 51.3 Å². The van der Waals surface area contributed by atoms with Gasteiger partial charge in [-0.25, -0.2) is 4.98 Å². The number of allylic oxidation sites excluding steroid dienone is 1. The lowest BCUT2D eigenvalue weighted by atomic mass is 10.2. The van der Waals surface area contributed by atoms with Crippen LogP contribution < -0.4 is 10.9 Å². The molecule has 0 radical (unpaired) electrons. The average Bonchev–Trinajstić information content (AvgIpc) is 2.51. The van der Waals surface area contributed by atoms with Crippen LogP contribution in [-0.2, 0) is 11.2 Å². The van der Waals surface area contributed by atoms with Crippen LogP contribution in [-0.4, -0.2) is 21.6 Å². The standard InChI is InChI=1S/C16H16BrN3O2S/c1-3-4-13-10(2)18-16(20-15(13)22)23-9-14(21)19-12-7-5-11(17)6-8-12/h3,5-8H,1,4,9H2,2H3,(H,19,21)(H,18,20,22). The smallest absolute Gasteiger partial charge is 0.255 e. The van der Waals surface area contributed by atoms with Crippen LogP contribution in [0.4, 0.5) is 5.69 Å². The molecule has 0 aliphatic rings. The average molecular weight is 394 g/mol. The number of benzene rings is 1. The summed E-state index contributed by atoms with van der Waals surface area (Å²) >= 11 is 4.53. The number of aromatic amines is 1. The summed E-state index contributed by atoms with van der Waals surface area (Å²) < 4.78 is 0.946. The van der Waals surface area contributed by atoms with Gasteiger partial charge in [-0.15, -0.1) is 6.58 Å². The molecule has 23 heavy (non-hydrogen) atoms. The number of rotatable bonds is 6. The number of thioether (sulfide) groups is 1. The van der Waals surface area contributed by atoms with E-state index in [1.165, 1.54) is 11.8 Å². The second kappa shape index (κ2) is 8.12. The molecule has 2 N–H and O–H groups in total. The molecule has 7 heteroatoms. The first kappa shape index (κ1) is 17.5. The topological polar surface area (TPSA) is 74.8 Å². The van der Waals surface area contributed by atoms with Gasteiger partial charge in [0.05, 0.1) is 5.75 Å². The molecule has 1 heterocycles. The van der Waals surface area contributed by atoms with Crippen LogP contribution in [0.5, 0.6) is 0 Å². The first-order valence-corrected chi connectivity index (χ1v) is 8.66. The van der Waals surface area contributed by atoms with Crippen LogP contribution in [0.25, 0.3) is 0 Å². The molecule has 0 unspecified atom stereocenters. The second-order valence-electron chi connectivity index (χ2n) is 4.77. The zero-order chi connectivity index (χ0) is 16.8. The second-order valence-corrected chi connectivity index (χ2v) is 6.65. The Hall–Kier alpha value is -1.86. The predicted molar refractivity (Wildman–Crippen MR) is 97.0 cm³/mol. The molecule has 0 atom stereocenters. The monoisotopic (exact) mass is 393 g/mol. The molecule has 0 fully saturated rings. The van der Waals surface area contributed by atoms with Gasteiger partial charge in [-0.1, -0.05) is 33.8 Å². The summed E-state index contributed by atoms with van der Waals surface area (Å²) in [5.41, 5.74) is 1.79. The van der Waals surface area contributed by atoms with Gasteiger partial charge in [-0.05, 0) is 37.6 Å². The molecule has 1 amide bonds. The number of nitrogens with one attached hydrogen (secondary N) is 2. The fourth-order valence-corrected chi connectivity index (χ4v) is 2.87. The molecule has 0 bridgehead atoms. The molecule has 0 saturated heterocycles. The Kier molecular flexibility index (Phi) is 6.18. The quantitative estimate of drug-likeness (QED) is 0.448. The third kappa shape index (κ3) is 5.07. The Morgan fingerprint density at radius 1 is 1.43 bits per heavy atom. The predicted octanol–water partition coefficient (Wildman–Crippen LogP) is 3.30. The zero-order valence-corrected chi connectivity index (χ0v) is 15.0. The van der Waals surface area contributed by atoms with Gasteiger partial charge in [0.15, 0.2) is 5.16 Å². The Morgan fingerprint density at radius 3 is 2.74 bits per heavy atom. The number of H-pyrrole nitrogens is 1. The molecular weight excluding hydrogens is 378 g/mol. The summed E-state index contributed by atoms with van der Waals surface area (Å²) in [4.78, 5) is 30.9. The Balaban J connectivity index is 1.97. The SMILES string of the molecule is C=CCc1c(C)nc(SCC(=O)Nc2ccc(Br)cc2)[nH]c1=O. The fraction of sp³-hybridized carbons (Fsp3) is 0.188. The van der Waals surface area contributed by atoms with Gasteiger partial charge in [0, 0.05) is 21.4 Å². The van der Waals surface area contributed by atoms with Crippen LogP contribution in [0.3, 0.4) is 0 Å². The highest BCUT2D eigenvalue weighted by atomic mass is 79.9. The summed E-state index contributed by atoms with van der Waals surface area (Å²) in [6.07, 6.45) is 2.14. The molecule has 0 aliphatic carbocycles. The molecule has 2 aromatic rings. The zero-order valence-electron chi connectivity index (χ0n) is 12.6. The summed E-state index contributed by atoms with van der Waals surface area (Å²) in [6, 6.07) is 7.31. The van der Waals surface area contributed by atoms with Gasteiger partial charge in [0.1, 0.15) is 0 Å². The minimum absolute atomic E-state index is 0.159. The van der Waals surface area contributed by atoms with E-state index >= 15 is 0 Å². The number of carbonyl (C=O) groups excluding carboxylic acids is 1. The molecule has 0 aliphatic heterocycles. The summed E-state index contributed by atoms with van der Waals surface area (Å²) in [5, 5.41) is 3.22. The number of hydrogen-bond donors (Lipinski definition) is 2. The minimum Gasteiger partial charge on any atom is -0.325 e. The third-order valence-electron chi connectivity index (χ3n) is 3.02. The lowest BCUT2D eigenvalue weighted by molar-refractivity contribution is -0.113. The van der Waals surface area contributed by atoms with Crippen molar-refractivity contribution < 1.29 is 4.79 Å².